The Kier molecular flexibility index (Phi) is 7.55. The molecule has 0 radical (unpaired) electrons. The van der Waals surface area contributed by atoms with E-state index in [1.54, 1.807) is 13.1 Å². The third kappa shape index (κ3) is 6.74. The molecule has 0 bridgehead atoms. The molecule has 20 heavy (non-hydrogen) atoms. The molecular weight excluding hydrogens is 367 g/mol. The average Bonchev–Trinajstić information content (AvgIpc) is 2.34. The molecule has 0 aliphatic rings. The second-order valence-electron chi connectivity index (χ2n) is 5.36. The minimum Gasteiger partial charge on any atom is -0.370 e. The zero-order valence-corrected chi connectivity index (χ0v) is 14.7. The summed E-state index contributed by atoms with van der Waals surface area (Å²) in [6, 6.07) is 7.33. The second-order valence-corrected chi connectivity index (χ2v) is 5.36. The highest BCUT2D eigenvalue weighted by Gasteiger charge is 2.09. The van der Waals surface area contributed by atoms with Crippen molar-refractivity contribution in [2.75, 3.05) is 7.05 Å². The van der Waals surface area contributed by atoms with Gasteiger partial charge in [-0.3, -0.25) is 4.79 Å². The van der Waals surface area contributed by atoms with Crippen molar-refractivity contribution in [3.8, 4) is 0 Å². The van der Waals surface area contributed by atoms with Gasteiger partial charge in [0.1, 0.15) is 0 Å². The molecular formula is C14H23IN4O. The lowest BCUT2D eigenvalue weighted by atomic mass is 10.1. The lowest BCUT2D eigenvalue weighted by Crippen LogP contribution is -2.44. The Labute approximate surface area is 137 Å². The van der Waals surface area contributed by atoms with Crippen LogP contribution in [0.1, 0.15) is 36.7 Å². The lowest BCUT2D eigenvalue weighted by molar-refractivity contribution is 0.0963. The molecule has 0 unspecified atom stereocenters. The molecule has 5 nitrogen and oxygen atoms in total. The van der Waals surface area contributed by atoms with Gasteiger partial charge in [0.15, 0.2) is 5.96 Å². The lowest BCUT2D eigenvalue weighted by Gasteiger charge is -2.21. The molecule has 0 heterocycles. The number of nitrogens with one attached hydrogen (secondary N) is 2. The fourth-order valence-electron chi connectivity index (χ4n) is 1.56. The molecule has 0 aliphatic heterocycles. The summed E-state index contributed by atoms with van der Waals surface area (Å²) in [5.41, 5.74) is 7.24. The summed E-state index contributed by atoms with van der Waals surface area (Å²) in [6.45, 7) is 6.49. The van der Waals surface area contributed by atoms with Gasteiger partial charge in [0, 0.05) is 18.2 Å². The number of aliphatic imine (C=N–C) groups is 1. The zero-order valence-electron chi connectivity index (χ0n) is 12.4. The minimum atomic E-state index is -0.114. The number of nitrogens with zero attached hydrogens (tertiary/aromatic N) is 1. The van der Waals surface area contributed by atoms with Gasteiger partial charge in [0.05, 0.1) is 6.54 Å². The Balaban J connectivity index is 0.00000361. The maximum atomic E-state index is 11.5. The van der Waals surface area contributed by atoms with Gasteiger partial charge in [-0.25, -0.2) is 4.99 Å². The van der Waals surface area contributed by atoms with Gasteiger partial charge in [-0.2, -0.15) is 0 Å². The Bertz CT molecular complexity index is 480. The predicted octanol–water partition coefficient (Wildman–Crippen LogP) is 1.87. The highest BCUT2D eigenvalue weighted by molar-refractivity contribution is 14.0. The number of nitrogens with two attached hydrogens (primary N) is 1. The Hall–Kier alpha value is -1.31. The molecule has 0 spiro atoms. The van der Waals surface area contributed by atoms with Crippen LogP contribution in [0.5, 0.6) is 0 Å². The summed E-state index contributed by atoms with van der Waals surface area (Å²) < 4.78 is 0. The van der Waals surface area contributed by atoms with Crippen molar-refractivity contribution in [3.63, 3.8) is 0 Å². The van der Waals surface area contributed by atoms with Crippen LogP contribution in [0.2, 0.25) is 0 Å². The third-order valence-corrected chi connectivity index (χ3v) is 2.35. The fraction of sp³-hybridized carbons (Fsp3) is 0.429. The second kappa shape index (κ2) is 8.08. The van der Waals surface area contributed by atoms with E-state index in [-0.39, 0.29) is 35.4 Å². The first-order valence-corrected chi connectivity index (χ1v) is 6.21. The monoisotopic (exact) mass is 390 g/mol. The van der Waals surface area contributed by atoms with Crippen LogP contribution in [0.3, 0.4) is 0 Å². The van der Waals surface area contributed by atoms with Crippen LogP contribution >= 0.6 is 24.0 Å². The molecule has 4 N–H and O–H groups in total. The topological polar surface area (TPSA) is 79.5 Å². The van der Waals surface area contributed by atoms with Crippen molar-refractivity contribution in [1.82, 2.24) is 10.6 Å². The van der Waals surface area contributed by atoms with Gasteiger partial charge in [0.2, 0.25) is 0 Å². The standard InChI is InChI=1S/C14H22N4O.HI/c1-14(2,3)18-13(15)17-9-10-6-5-7-11(8-10)12(19)16-4;/h5-8H,9H2,1-4H3,(H,16,19)(H3,15,17,18);1H. The van der Waals surface area contributed by atoms with Crippen molar-refractivity contribution in [2.24, 2.45) is 10.7 Å². The molecule has 0 atom stereocenters. The van der Waals surface area contributed by atoms with E-state index in [2.05, 4.69) is 15.6 Å². The predicted molar refractivity (Wildman–Crippen MR) is 93.5 cm³/mol. The fourth-order valence-corrected chi connectivity index (χ4v) is 1.56. The highest BCUT2D eigenvalue weighted by Crippen LogP contribution is 2.06. The number of carbonyl (C=O) groups is 1. The van der Waals surface area contributed by atoms with Crippen LogP contribution < -0.4 is 16.4 Å². The SMILES string of the molecule is CNC(=O)c1cccc(CN=C(N)NC(C)(C)C)c1.I. The first-order valence-electron chi connectivity index (χ1n) is 6.21. The first-order chi connectivity index (χ1) is 8.81. The number of carbonyl (C=O) groups excluding carboxylic acids is 1. The minimum absolute atomic E-state index is 0. The molecule has 1 aromatic carbocycles. The van der Waals surface area contributed by atoms with Crippen molar-refractivity contribution in [1.29, 1.82) is 0 Å². The number of halogens is 1. The molecule has 112 valence electrons. The number of amides is 1. The van der Waals surface area contributed by atoms with Crippen LogP contribution in [0.15, 0.2) is 29.3 Å². The number of hydrogen-bond donors (Lipinski definition) is 3. The van der Waals surface area contributed by atoms with Gasteiger partial charge in [0.25, 0.3) is 5.91 Å². The maximum absolute atomic E-state index is 11.5. The molecule has 0 fully saturated rings. The van der Waals surface area contributed by atoms with Crippen molar-refractivity contribution >= 4 is 35.8 Å². The van der Waals surface area contributed by atoms with E-state index in [9.17, 15) is 4.79 Å². The van der Waals surface area contributed by atoms with Crippen LogP contribution in [0.4, 0.5) is 0 Å². The molecule has 1 amide bonds. The van der Waals surface area contributed by atoms with Crippen LogP contribution in [-0.2, 0) is 6.54 Å². The molecule has 0 aliphatic carbocycles. The van der Waals surface area contributed by atoms with Gasteiger partial charge >= 0.3 is 0 Å². The number of benzene rings is 1. The summed E-state index contributed by atoms with van der Waals surface area (Å²) in [5.74, 6) is 0.296. The molecule has 0 aromatic heterocycles. The summed E-state index contributed by atoms with van der Waals surface area (Å²) in [7, 11) is 1.61. The van der Waals surface area contributed by atoms with E-state index in [0.717, 1.165) is 5.56 Å². The highest BCUT2D eigenvalue weighted by atomic mass is 127. The van der Waals surface area contributed by atoms with Gasteiger partial charge in [-0.1, -0.05) is 12.1 Å². The van der Waals surface area contributed by atoms with Crippen LogP contribution in [0.25, 0.3) is 0 Å². The van der Waals surface area contributed by atoms with Crippen molar-refractivity contribution in [3.05, 3.63) is 35.4 Å². The normalized spacial score (nSPS) is 11.5. The molecule has 1 aromatic rings. The van der Waals surface area contributed by atoms with E-state index in [0.29, 0.717) is 18.1 Å². The summed E-state index contributed by atoms with van der Waals surface area (Å²) >= 11 is 0. The quantitative estimate of drug-likeness (QED) is 0.419. The third-order valence-electron chi connectivity index (χ3n) is 2.35. The molecule has 0 saturated carbocycles. The van der Waals surface area contributed by atoms with Gasteiger partial charge < -0.3 is 16.4 Å². The molecule has 6 heteroatoms. The average molecular weight is 390 g/mol. The summed E-state index contributed by atoms with van der Waals surface area (Å²) in [6.07, 6.45) is 0. The Morgan fingerprint density at radius 1 is 1.35 bits per heavy atom. The number of hydrogen-bond acceptors (Lipinski definition) is 2. The number of guanidine groups is 1. The Morgan fingerprint density at radius 3 is 2.55 bits per heavy atom. The largest absolute Gasteiger partial charge is 0.370 e. The van der Waals surface area contributed by atoms with E-state index in [1.807, 2.05) is 39.0 Å². The molecule has 1 rings (SSSR count). The van der Waals surface area contributed by atoms with E-state index in [4.69, 9.17) is 5.73 Å². The molecule has 0 saturated heterocycles. The maximum Gasteiger partial charge on any atom is 0.251 e. The van der Waals surface area contributed by atoms with Crippen molar-refractivity contribution in [2.45, 2.75) is 32.9 Å². The summed E-state index contributed by atoms with van der Waals surface area (Å²) in [4.78, 5) is 15.8. The first kappa shape index (κ1) is 18.7. The van der Waals surface area contributed by atoms with Crippen LogP contribution in [-0.4, -0.2) is 24.5 Å². The number of rotatable bonds is 3. The smallest absolute Gasteiger partial charge is 0.251 e. The van der Waals surface area contributed by atoms with E-state index >= 15 is 0 Å². The van der Waals surface area contributed by atoms with E-state index < -0.39 is 0 Å². The Morgan fingerprint density at radius 2 is 2.00 bits per heavy atom. The van der Waals surface area contributed by atoms with Crippen molar-refractivity contribution < 1.29 is 4.79 Å². The van der Waals surface area contributed by atoms with Gasteiger partial charge in [-0.05, 0) is 38.5 Å². The van der Waals surface area contributed by atoms with Crippen LogP contribution in [0, 0.1) is 0 Å². The summed E-state index contributed by atoms with van der Waals surface area (Å²) in [5, 5.41) is 5.68. The van der Waals surface area contributed by atoms with Gasteiger partial charge in [-0.15, -0.1) is 24.0 Å². The zero-order chi connectivity index (χ0) is 14.5. The van der Waals surface area contributed by atoms with E-state index in [1.165, 1.54) is 0 Å².